The molecule has 4 rings (SSSR count). The number of anilines is 1. The number of hydrogen-bond donors (Lipinski definition) is 1. The molecule has 2 aromatic heterocycles. The second-order valence-electron chi connectivity index (χ2n) is 6.49. The first-order valence-corrected chi connectivity index (χ1v) is 9.22. The molecular formula is C23H18FN3O3. The molecule has 1 amide bonds. The van der Waals surface area contributed by atoms with Crippen LogP contribution < -0.4 is 5.32 Å². The van der Waals surface area contributed by atoms with Gasteiger partial charge < -0.3 is 9.26 Å². The molecule has 1 N–H and O–H groups in total. The van der Waals surface area contributed by atoms with Crippen LogP contribution in [0.4, 0.5) is 10.3 Å². The first kappa shape index (κ1) is 19.5. The van der Waals surface area contributed by atoms with Crippen molar-refractivity contribution in [3.05, 3.63) is 90.5 Å². The van der Waals surface area contributed by atoms with Crippen LogP contribution in [0.5, 0.6) is 0 Å². The zero-order chi connectivity index (χ0) is 20.9. The van der Waals surface area contributed by atoms with Gasteiger partial charge in [-0.1, -0.05) is 35.5 Å². The van der Waals surface area contributed by atoms with E-state index < -0.39 is 12.0 Å². The average Bonchev–Trinajstić information content (AvgIpc) is 3.19. The third-order valence-corrected chi connectivity index (χ3v) is 4.59. The zero-order valence-corrected chi connectivity index (χ0v) is 16.1. The van der Waals surface area contributed by atoms with Gasteiger partial charge in [-0.15, -0.1) is 0 Å². The summed E-state index contributed by atoms with van der Waals surface area (Å²) in [5.41, 5.74) is 3.15. The maximum atomic E-state index is 13.4. The minimum Gasteiger partial charge on any atom is -0.367 e. The number of pyridine rings is 1. The molecule has 0 saturated heterocycles. The number of amides is 1. The van der Waals surface area contributed by atoms with Gasteiger partial charge in [0.2, 0.25) is 5.88 Å². The van der Waals surface area contributed by atoms with Gasteiger partial charge in [0.15, 0.2) is 6.10 Å². The minimum absolute atomic E-state index is 0.170. The number of rotatable bonds is 6. The van der Waals surface area contributed by atoms with Crippen molar-refractivity contribution >= 4 is 11.8 Å². The predicted octanol–water partition coefficient (Wildman–Crippen LogP) is 4.87. The van der Waals surface area contributed by atoms with Crippen LogP contribution in [0.2, 0.25) is 0 Å². The van der Waals surface area contributed by atoms with Gasteiger partial charge in [-0.2, -0.15) is 0 Å². The predicted molar refractivity (Wildman–Crippen MR) is 110 cm³/mol. The van der Waals surface area contributed by atoms with E-state index in [1.807, 2.05) is 30.3 Å². The van der Waals surface area contributed by atoms with Crippen molar-refractivity contribution in [2.75, 3.05) is 12.4 Å². The lowest BCUT2D eigenvalue weighted by Gasteiger charge is -2.15. The summed E-state index contributed by atoms with van der Waals surface area (Å²) in [6.07, 6.45) is 2.44. The van der Waals surface area contributed by atoms with Crippen molar-refractivity contribution < 1.29 is 18.4 Å². The van der Waals surface area contributed by atoms with E-state index in [9.17, 15) is 9.18 Å². The maximum absolute atomic E-state index is 13.4. The fraction of sp³-hybridized carbons (Fsp3) is 0.0870. The Kier molecular flexibility index (Phi) is 5.63. The van der Waals surface area contributed by atoms with Gasteiger partial charge in [-0.3, -0.25) is 15.1 Å². The third-order valence-electron chi connectivity index (χ3n) is 4.59. The highest BCUT2D eigenvalue weighted by Crippen LogP contribution is 2.38. The number of benzene rings is 2. The fourth-order valence-electron chi connectivity index (χ4n) is 3.17. The van der Waals surface area contributed by atoms with E-state index >= 15 is 0 Å². The summed E-state index contributed by atoms with van der Waals surface area (Å²) < 4.78 is 24.2. The van der Waals surface area contributed by atoms with Crippen LogP contribution in [0.1, 0.15) is 11.7 Å². The first-order chi connectivity index (χ1) is 14.7. The molecule has 1 atom stereocenters. The van der Waals surface area contributed by atoms with Gasteiger partial charge in [0.05, 0.1) is 5.56 Å². The summed E-state index contributed by atoms with van der Waals surface area (Å²) in [7, 11) is 1.46. The standard InChI is InChI=1S/C23H18FN3O3/c1-29-21(17-5-3-2-4-6-17)22(28)26-23-19(15-11-13-25-14-12-15)20(27-30-23)16-7-9-18(24)10-8-16/h2-14,21H,1H3,(H,26,28). The molecule has 0 fully saturated rings. The third kappa shape index (κ3) is 3.97. The molecule has 150 valence electrons. The van der Waals surface area contributed by atoms with E-state index in [1.54, 1.807) is 36.7 Å². The molecule has 1 unspecified atom stereocenters. The molecule has 30 heavy (non-hydrogen) atoms. The number of methoxy groups -OCH3 is 1. The van der Waals surface area contributed by atoms with Crippen LogP contribution in [0.3, 0.4) is 0 Å². The van der Waals surface area contributed by atoms with Crippen molar-refractivity contribution in [2.45, 2.75) is 6.10 Å². The van der Waals surface area contributed by atoms with Crippen LogP contribution in [0, 0.1) is 5.82 Å². The summed E-state index contributed by atoms with van der Waals surface area (Å²) in [6, 6.07) is 18.6. The summed E-state index contributed by atoms with van der Waals surface area (Å²) >= 11 is 0. The normalized spacial score (nSPS) is 11.8. The minimum atomic E-state index is -0.823. The Hall–Kier alpha value is -3.84. The topological polar surface area (TPSA) is 77.2 Å². The first-order valence-electron chi connectivity index (χ1n) is 9.22. The van der Waals surface area contributed by atoms with Gasteiger partial charge in [-0.05, 0) is 47.5 Å². The van der Waals surface area contributed by atoms with Crippen LogP contribution in [0.15, 0.2) is 83.6 Å². The Balaban J connectivity index is 1.73. The molecule has 0 spiro atoms. The average molecular weight is 403 g/mol. The van der Waals surface area contributed by atoms with Gasteiger partial charge in [0, 0.05) is 25.1 Å². The second kappa shape index (κ2) is 8.67. The number of nitrogens with zero attached hydrogens (tertiary/aromatic N) is 2. The number of carbonyl (C=O) groups excluding carboxylic acids is 1. The number of hydrogen-bond acceptors (Lipinski definition) is 5. The molecule has 0 bridgehead atoms. The lowest BCUT2D eigenvalue weighted by atomic mass is 10.0. The van der Waals surface area contributed by atoms with Crippen LogP contribution in [-0.2, 0) is 9.53 Å². The SMILES string of the molecule is COC(C(=O)Nc1onc(-c2ccc(F)cc2)c1-c1ccncc1)c1ccccc1. The maximum Gasteiger partial charge on any atom is 0.260 e. The lowest BCUT2D eigenvalue weighted by Crippen LogP contribution is -2.22. The number of carbonyl (C=O) groups is 1. The molecule has 7 heteroatoms. The summed E-state index contributed by atoms with van der Waals surface area (Å²) in [6.45, 7) is 0. The lowest BCUT2D eigenvalue weighted by molar-refractivity contribution is -0.126. The van der Waals surface area contributed by atoms with E-state index in [4.69, 9.17) is 9.26 Å². The monoisotopic (exact) mass is 403 g/mol. The van der Waals surface area contributed by atoms with Crippen molar-refractivity contribution in [1.82, 2.24) is 10.1 Å². The van der Waals surface area contributed by atoms with Gasteiger partial charge in [0.1, 0.15) is 11.5 Å². The number of ether oxygens (including phenoxy) is 1. The number of halogens is 1. The number of aromatic nitrogens is 2. The molecule has 2 aromatic carbocycles. The molecule has 0 aliphatic heterocycles. The molecule has 0 saturated carbocycles. The Morgan fingerprint density at radius 3 is 2.37 bits per heavy atom. The largest absolute Gasteiger partial charge is 0.367 e. The van der Waals surface area contributed by atoms with E-state index in [2.05, 4.69) is 15.5 Å². The molecule has 0 radical (unpaired) electrons. The molecule has 6 nitrogen and oxygen atoms in total. The molecule has 0 aliphatic carbocycles. The molecule has 0 aliphatic rings. The number of nitrogens with one attached hydrogen (secondary N) is 1. The molecular weight excluding hydrogens is 385 g/mol. The van der Waals surface area contributed by atoms with Gasteiger partial charge >= 0.3 is 0 Å². The smallest absolute Gasteiger partial charge is 0.260 e. The van der Waals surface area contributed by atoms with Crippen LogP contribution >= 0.6 is 0 Å². The van der Waals surface area contributed by atoms with E-state index in [1.165, 1.54) is 19.2 Å². The molecule has 2 heterocycles. The highest BCUT2D eigenvalue weighted by molar-refractivity contribution is 5.99. The Labute approximate surface area is 172 Å². The Morgan fingerprint density at radius 1 is 1.00 bits per heavy atom. The van der Waals surface area contributed by atoms with Crippen LogP contribution in [0.25, 0.3) is 22.4 Å². The molecule has 4 aromatic rings. The highest BCUT2D eigenvalue weighted by Gasteiger charge is 2.25. The summed E-state index contributed by atoms with van der Waals surface area (Å²) in [5, 5.41) is 6.90. The Morgan fingerprint density at radius 2 is 1.70 bits per heavy atom. The fourth-order valence-corrected chi connectivity index (χ4v) is 3.17. The van der Waals surface area contributed by atoms with Crippen LogP contribution in [-0.4, -0.2) is 23.2 Å². The summed E-state index contributed by atoms with van der Waals surface area (Å²) in [4.78, 5) is 17.0. The Bertz CT molecular complexity index is 1130. The highest BCUT2D eigenvalue weighted by atomic mass is 19.1. The van der Waals surface area contributed by atoms with Gasteiger partial charge in [-0.25, -0.2) is 4.39 Å². The summed E-state index contributed by atoms with van der Waals surface area (Å²) in [5.74, 6) is -0.587. The van der Waals surface area contributed by atoms with E-state index in [0.717, 1.165) is 5.56 Å². The van der Waals surface area contributed by atoms with Crippen molar-refractivity contribution in [2.24, 2.45) is 0 Å². The van der Waals surface area contributed by atoms with E-state index in [0.29, 0.717) is 22.4 Å². The van der Waals surface area contributed by atoms with Crippen molar-refractivity contribution in [3.63, 3.8) is 0 Å². The van der Waals surface area contributed by atoms with Gasteiger partial charge in [0.25, 0.3) is 5.91 Å². The second-order valence-corrected chi connectivity index (χ2v) is 6.49. The van der Waals surface area contributed by atoms with E-state index in [-0.39, 0.29) is 11.7 Å². The quantitative estimate of drug-likeness (QED) is 0.497. The van der Waals surface area contributed by atoms with Crippen molar-refractivity contribution in [1.29, 1.82) is 0 Å². The van der Waals surface area contributed by atoms with Crippen molar-refractivity contribution in [3.8, 4) is 22.4 Å². The zero-order valence-electron chi connectivity index (χ0n) is 16.1.